The number of carbonyl (C=O) groups is 1. The topological polar surface area (TPSA) is 26.3 Å². The summed E-state index contributed by atoms with van der Waals surface area (Å²) < 4.78 is 5.05. The van der Waals surface area contributed by atoms with Gasteiger partial charge in [-0.1, -0.05) is 6.92 Å². The zero-order valence-electron chi connectivity index (χ0n) is 7.02. The van der Waals surface area contributed by atoms with Crippen LogP contribution in [0.3, 0.4) is 0 Å². The molecule has 1 aliphatic heterocycles. The number of hydrogen-bond donors (Lipinski definition) is 0. The number of esters is 1. The SMILES string of the molecule is CCC1(C)OC(=O)C1(C)C. The van der Waals surface area contributed by atoms with Gasteiger partial charge >= 0.3 is 5.97 Å². The second-order valence-corrected chi connectivity index (χ2v) is 3.60. The molecule has 0 N–H and O–H groups in total. The molecule has 1 atom stereocenters. The molecule has 0 aliphatic carbocycles. The van der Waals surface area contributed by atoms with Crippen LogP contribution in [0.15, 0.2) is 0 Å². The minimum Gasteiger partial charge on any atom is -0.458 e. The Morgan fingerprint density at radius 2 is 1.90 bits per heavy atom. The molecule has 58 valence electrons. The lowest BCUT2D eigenvalue weighted by molar-refractivity contribution is -0.231. The van der Waals surface area contributed by atoms with Crippen molar-refractivity contribution >= 4 is 5.97 Å². The standard InChI is InChI=1S/C8H14O2/c1-5-8(4)7(2,3)6(9)10-8/h5H2,1-4H3. The first kappa shape index (κ1) is 7.58. The first-order valence-electron chi connectivity index (χ1n) is 3.67. The van der Waals surface area contributed by atoms with Gasteiger partial charge in [0.2, 0.25) is 0 Å². The van der Waals surface area contributed by atoms with Gasteiger partial charge in [0.25, 0.3) is 0 Å². The molecule has 1 fully saturated rings. The van der Waals surface area contributed by atoms with E-state index in [9.17, 15) is 4.79 Å². The molecule has 0 aromatic heterocycles. The summed E-state index contributed by atoms with van der Waals surface area (Å²) in [5, 5.41) is 0. The van der Waals surface area contributed by atoms with Crippen LogP contribution >= 0.6 is 0 Å². The Hall–Kier alpha value is -0.530. The molecule has 0 radical (unpaired) electrons. The van der Waals surface area contributed by atoms with E-state index in [1.54, 1.807) is 0 Å². The Labute approximate surface area is 61.6 Å². The normalized spacial score (nSPS) is 36.6. The minimum absolute atomic E-state index is 0.0724. The van der Waals surface area contributed by atoms with E-state index in [1.807, 2.05) is 27.7 Å². The predicted octanol–water partition coefficient (Wildman–Crippen LogP) is 1.74. The van der Waals surface area contributed by atoms with Crippen LogP contribution in [0.2, 0.25) is 0 Å². The molecule has 0 aromatic rings. The van der Waals surface area contributed by atoms with Gasteiger partial charge in [-0.05, 0) is 27.2 Å². The Balaban J connectivity index is 2.80. The zero-order chi connectivity index (χ0) is 7.99. The van der Waals surface area contributed by atoms with Gasteiger partial charge in [0.1, 0.15) is 11.0 Å². The molecular weight excluding hydrogens is 128 g/mol. The molecule has 2 heteroatoms. The maximum Gasteiger partial charge on any atom is 0.316 e. The minimum atomic E-state index is -0.276. The van der Waals surface area contributed by atoms with Gasteiger partial charge in [-0.2, -0.15) is 0 Å². The number of carbonyl (C=O) groups excluding carboxylic acids is 1. The predicted molar refractivity (Wildman–Crippen MR) is 38.6 cm³/mol. The Bertz CT molecular complexity index is 172. The van der Waals surface area contributed by atoms with Gasteiger partial charge in [0.15, 0.2) is 0 Å². The van der Waals surface area contributed by atoms with Crippen molar-refractivity contribution in [3.05, 3.63) is 0 Å². The van der Waals surface area contributed by atoms with Crippen molar-refractivity contribution in [2.45, 2.75) is 39.7 Å². The lowest BCUT2D eigenvalue weighted by Crippen LogP contribution is -2.61. The lowest BCUT2D eigenvalue weighted by Gasteiger charge is -2.50. The molecule has 1 unspecified atom stereocenters. The van der Waals surface area contributed by atoms with E-state index in [2.05, 4.69) is 0 Å². The van der Waals surface area contributed by atoms with Crippen molar-refractivity contribution in [3.63, 3.8) is 0 Å². The largest absolute Gasteiger partial charge is 0.458 e. The highest BCUT2D eigenvalue weighted by Gasteiger charge is 2.58. The summed E-state index contributed by atoms with van der Waals surface area (Å²) in [6.07, 6.45) is 0.895. The zero-order valence-corrected chi connectivity index (χ0v) is 7.02. The molecule has 2 nitrogen and oxygen atoms in total. The van der Waals surface area contributed by atoms with Gasteiger partial charge in [0, 0.05) is 0 Å². The maximum absolute atomic E-state index is 10.9. The molecule has 0 saturated carbocycles. The molecular formula is C8H14O2. The molecule has 1 aliphatic rings. The summed E-state index contributed by atoms with van der Waals surface area (Å²) in [6, 6.07) is 0. The van der Waals surface area contributed by atoms with E-state index in [0.29, 0.717) is 0 Å². The summed E-state index contributed by atoms with van der Waals surface area (Å²) in [7, 11) is 0. The van der Waals surface area contributed by atoms with E-state index in [-0.39, 0.29) is 17.0 Å². The van der Waals surface area contributed by atoms with Crippen molar-refractivity contribution in [1.82, 2.24) is 0 Å². The van der Waals surface area contributed by atoms with Crippen molar-refractivity contribution in [2.75, 3.05) is 0 Å². The molecule has 1 rings (SSSR count). The third kappa shape index (κ3) is 0.619. The van der Waals surface area contributed by atoms with Crippen LogP contribution in [-0.4, -0.2) is 11.6 Å². The summed E-state index contributed by atoms with van der Waals surface area (Å²) in [6.45, 7) is 7.88. The smallest absolute Gasteiger partial charge is 0.316 e. The number of ether oxygens (including phenoxy) is 1. The van der Waals surface area contributed by atoms with Gasteiger partial charge in [-0.15, -0.1) is 0 Å². The number of cyclic esters (lactones) is 1. The quantitative estimate of drug-likeness (QED) is 0.521. The Morgan fingerprint density at radius 3 is 2.00 bits per heavy atom. The highest BCUT2D eigenvalue weighted by Crippen LogP contribution is 2.47. The third-order valence-corrected chi connectivity index (χ3v) is 2.83. The summed E-state index contributed by atoms with van der Waals surface area (Å²) in [5.41, 5.74) is -0.494. The highest BCUT2D eigenvalue weighted by molar-refractivity contribution is 5.83. The lowest BCUT2D eigenvalue weighted by atomic mass is 9.69. The van der Waals surface area contributed by atoms with E-state index in [4.69, 9.17) is 4.74 Å². The van der Waals surface area contributed by atoms with Crippen molar-refractivity contribution in [2.24, 2.45) is 5.41 Å². The van der Waals surface area contributed by atoms with Crippen molar-refractivity contribution in [3.8, 4) is 0 Å². The van der Waals surface area contributed by atoms with Crippen LogP contribution in [0.25, 0.3) is 0 Å². The van der Waals surface area contributed by atoms with Crippen molar-refractivity contribution < 1.29 is 9.53 Å². The van der Waals surface area contributed by atoms with Crippen LogP contribution < -0.4 is 0 Å². The monoisotopic (exact) mass is 142 g/mol. The third-order valence-electron chi connectivity index (χ3n) is 2.83. The molecule has 0 amide bonds. The highest BCUT2D eigenvalue weighted by atomic mass is 16.6. The molecule has 1 saturated heterocycles. The van der Waals surface area contributed by atoms with E-state index >= 15 is 0 Å². The summed E-state index contributed by atoms with van der Waals surface area (Å²) in [4.78, 5) is 10.9. The van der Waals surface area contributed by atoms with Crippen LogP contribution in [0.5, 0.6) is 0 Å². The molecule has 0 bridgehead atoms. The van der Waals surface area contributed by atoms with Gasteiger partial charge in [-0.3, -0.25) is 4.79 Å². The maximum atomic E-state index is 10.9. The van der Waals surface area contributed by atoms with Crippen LogP contribution in [0.1, 0.15) is 34.1 Å². The molecule has 10 heavy (non-hydrogen) atoms. The summed E-state index contributed by atoms with van der Waals surface area (Å²) >= 11 is 0. The fourth-order valence-electron chi connectivity index (χ4n) is 1.14. The van der Waals surface area contributed by atoms with Gasteiger partial charge in [-0.25, -0.2) is 0 Å². The van der Waals surface area contributed by atoms with Crippen molar-refractivity contribution in [1.29, 1.82) is 0 Å². The number of hydrogen-bond acceptors (Lipinski definition) is 2. The Kier molecular flexibility index (Phi) is 1.32. The first-order valence-corrected chi connectivity index (χ1v) is 3.67. The van der Waals surface area contributed by atoms with Gasteiger partial charge < -0.3 is 4.74 Å². The second kappa shape index (κ2) is 1.74. The van der Waals surface area contributed by atoms with Crippen LogP contribution in [-0.2, 0) is 9.53 Å². The van der Waals surface area contributed by atoms with E-state index in [0.717, 1.165) is 6.42 Å². The average molecular weight is 142 g/mol. The molecule has 1 heterocycles. The van der Waals surface area contributed by atoms with Gasteiger partial charge in [0.05, 0.1) is 0 Å². The van der Waals surface area contributed by atoms with Crippen LogP contribution in [0.4, 0.5) is 0 Å². The molecule has 0 spiro atoms. The molecule has 0 aromatic carbocycles. The van der Waals surface area contributed by atoms with Crippen LogP contribution in [0, 0.1) is 5.41 Å². The summed E-state index contributed by atoms with van der Waals surface area (Å²) in [5.74, 6) is -0.0724. The fourth-order valence-corrected chi connectivity index (χ4v) is 1.14. The van der Waals surface area contributed by atoms with E-state index < -0.39 is 0 Å². The second-order valence-electron chi connectivity index (χ2n) is 3.60. The van der Waals surface area contributed by atoms with E-state index in [1.165, 1.54) is 0 Å². The number of rotatable bonds is 1. The Morgan fingerprint density at radius 1 is 1.40 bits per heavy atom. The average Bonchev–Trinajstić information content (AvgIpc) is 1.88. The first-order chi connectivity index (χ1) is 4.44. The fraction of sp³-hybridized carbons (Fsp3) is 0.875.